The maximum Gasteiger partial charge on any atom is 0.409 e. The number of likely N-dealkylation sites (tertiary alicyclic amines) is 1. The molecule has 0 aliphatic carbocycles. The fourth-order valence-electron chi connectivity index (χ4n) is 3.08. The van der Waals surface area contributed by atoms with E-state index in [1.807, 2.05) is 42.3 Å². The zero-order valence-electron chi connectivity index (χ0n) is 16.2. The van der Waals surface area contributed by atoms with Crippen molar-refractivity contribution in [3.05, 3.63) is 48.4 Å². The molecule has 0 saturated carbocycles. The Hall–Kier alpha value is -3.16. The van der Waals surface area contributed by atoms with Gasteiger partial charge in [-0.3, -0.25) is 4.79 Å². The molecule has 2 amide bonds. The van der Waals surface area contributed by atoms with Crippen LogP contribution in [0.15, 0.2) is 42.7 Å². The zero-order chi connectivity index (χ0) is 19.9. The van der Waals surface area contributed by atoms with E-state index in [2.05, 4.69) is 15.3 Å². The van der Waals surface area contributed by atoms with E-state index in [1.165, 1.54) is 6.20 Å². The average molecular weight is 383 g/mol. The van der Waals surface area contributed by atoms with E-state index in [0.717, 1.165) is 5.69 Å². The summed E-state index contributed by atoms with van der Waals surface area (Å²) in [5.74, 6) is 0.404. The molecule has 2 heterocycles. The minimum absolute atomic E-state index is 0.00615. The predicted molar refractivity (Wildman–Crippen MR) is 106 cm³/mol. The number of nitrogens with zero attached hydrogens (tertiary/aromatic N) is 4. The molecule has 3 rings (SSSR count). The molecule has 1 aliphatic rings. The van der Waals surface area contributed by atoms with Gasteiger partial charge in [-0.05, 0) is 31.9 Å². The van der Waals surface area contributed by atoms with Crippen LogP contribution in [0.1, 0.15) is 30.3 Å². The van der Waals surface area contributed by atoms with E-state index in [1.54, 1.807) is 18.0 Å². The lowest BCUT2D eigenvalue weighted by Crippen LogP contribution is -2.46. The van der Waals surface area contributed by atoms with Gasteiger partial charge in [0, 0.05) is 31.9 Å². The molecule has 0 unspecified atom stereocenters. The van der Waals surface area contributed by atoms with Crippen molar-refractivity contribution in [3.8, 4) is 0 Å². The van der Waals surface area contributed by atoms with E-state index in [4.69, 9.17) is 4.74 Å². The van der Waals surface area contributed by atoms with Gasteiger partial charge in [0.25, 0.3) is 5.91 Å². The highest BCUT2D eigenvalue weighted by Crippen LogP contribution is 2.20. The number of anilines is 2. The molecule has 0 radical (unpaired) electrons. The zero-order valence-corrected chi connectivity index (χ0v) is 16.2. The Balaban J connectivity index is 1.53. The minimum atomic E-state index is -0.295. The van der Waals surface area contributed by atoms with Gasteiger partial charge in [0.15, 0.2) is 5.82 Å². The Morgan fingerprint density at radius 3 is 2.50 bits per heavy atom. The van der Waals surface area contributed by atoms with Crippen molar-refractivity contribution in [1.82, 2.24) is 20.2 Å². The van der Waals surface area contributed by atoms with Crippen LogP contribution in [0.4, 0.5) is 16.3 Å². The summed E-state index contributed by atoms with van der Waals surface area (Å²) in [5.41, 5.74) is 1.26. The molecule has 1 N–H and O–H groups in total. The lowest BCUT2D eigenvalue weighted by Gasteiger charge is -2.31. The molecule has 0 bridgehead atoms. The maximum absolute atomic E-state index is 12.4. The quantitative estimate of drug-likeness (QED) is 0.854. The van der Waals surface area contributed by atoms with Gasteiger partial charge in [0.2, 0.25) is 0 Å². The lowest BCUT2D eigenvalue weighted by atomic mass is 10.1. The fraction of sp³-hybridized carbons (Fsp3) is 0.400. The van der Waals surface area contributed by atoms with Crippen LogP contribution in [0.2, 0.25) is 0 Å². The molecule has 0 spiro atoms. The minimum Gasteiger partial charge on any atom is -0.450 e. The van der Waals surface area contributed by atoms with Gasteiger partial charge < -0.3 is 19.9 Å². The van der Waals surface area contributed by atoms with Crippen LogP contribution in [0, 0.1) is 0 Å². The molecule has 2 aromatic rings. The highest BCUT2D eigenvalue weighted by Gasteiger charge is 2.25. The Morgan fingerprint density at radius 1 is 1.18 bits per heavy atom. The summed E-state index contributed by atoms with van der Waals surface area (Å²) in [6, 6.07) is 9.82. The summed E-state index contributed by atoms with van der Waals surface area (Å²) in [6.45, 7) is 3.28. The van der Waals surface area contributed by atoms with Crippen LogP contribution in [0.25, 0.3) is 0 Å². The third-order valence-electron chi connectivity index (χ3n) is 4.71. The molecular weight excluding hydrogens is 358 g/mol. The second-order valence-electron chi connectivity index (χ2n) is 6.59. The highest BCUT2D eigenvalue weighted by atomic mass is 16.6. The Bertz CT molecular complexity index is 789. The number of hydrogen-bond acceptors (Lipinski definition) is 6. The first-order valence-corrected chi connectivity index (χ1v) is 9.42. The average Bonchev–Trinajstić information content (AvgIpc) is 2.74. The van der Waals surface area contributed by atoms with Crippen molar-refractivity contribution < 1.29 is 14.3 Å². The molecule has 1 fully saturated rings. The summed E-state index contributed by atoms with van der Waals surface area (Å²) < 4.78 is 5.01. The van der Waals surface area contributed by atoms with E-state index in [9.17, 15) is 9.59 Å². The van der Waals surface area contributed by atoms with Gasteiger partial charge in [0.1, 0.15) is 5.69 Å². The molecule has 1 aliphatic heterocycles. The van der Waals surface area contributed by atoms with E-state index < -0.39 is 0 Å². The van der Waals surface area contributed by atoms with Gasteiger partial charge in [-0.1, -0.05) is 18.2 Å². The summed E-state index contributed by atoms with van der Waals surface area (Å²) in [6.07, 6.45) is 4.15. The first-order valence-electron chi connectivity index (χ1n) is 9.42. The number of nitrogens with one attached hydrogen (secondary N) is 1. The number of carbonyl (C=O) groups excluding carboxylic acids is 2. The van der Waals surface area contributed by atoms with Crippen molar-refractivity contribution in [2.24, 2.45) is 0 Å². The van der Waals surface area contributed by atoms with Crippen molar-refractivity contribution in [3.63, 3.8) is 0 Å². The van der Waals surface area contributed by atoms with Gasteiger partial charge in [0.05, 0.1) is 19.0 Å². The molecule has 28 heavy (non-hydrogen) atoms. The number of rotatable bonds is 5. The molecule has 1 saturated heterocycles. The molecule has 8 nitrogen and oxygen atoms in total. The number of benzene rings is 1. The molecule has 8 heteroatoms. The molecule has 0 atom stereocenters. The molecule has 1 aromatic carbocycles. The number of aromatic nitrogens is 2. The first kappa shape index (κ1) is 19.6. The number of carbonyl (C=O) groups is 2. The van der Waals surface area contributed by atoms with Crippen molar-refractivity contribution >= 4 is 23.5 Å². The topological polar surface area (TPSA) is 87.7 Å². The van der Waals surface area contributed by atoms with Crippen LogP contribution >= 0.6 is 0 Å². The summed E-state index contributed by atoms with van der Waals surface area (Å²) >= 11 is 0. The Morgan fingerprint density at radius 2 is 1.89 bits per heavy atom. The smallest absolute Gasteiger partial charge is 0.409 e. The van der Waals surface area contributed by atoms with Crippen molar-refractivity contribution in [1.29, 1.82) is 0 Å². The number of piperidine rings is 1. The van der Waals surface area contributed by atoms with Crippen molar-refractivity contribution in [2.75, 3.05) is 31.6 Å². The second-order valence-corrected chi connectivity index (χ2v) is 6.59. The predicted octanol–water partition coefficient (Wildman–Crippen LogP) is 2.60. The van der Waals surface area contributed by atoms with Crippen LogP contribution in [0.5, 0.6) is 0 Å². The van der Waals surface area contributed by atoms with Gasteiger partial charge in [-0.2, -0.15) is 0 Å². The fourth-order valence-corrected chi connectivity index (χ4v) is 3.08. The Kier molecular flexibility index (Phi) is 6.41. The number of hydrogen-bond donors (Lipinski definition) is 1. The summed E-state index contributed by atoms with van der Waals surface area (Å²) in [5, 5.41) is 2.97. The van der Waals surface area contributed by atoms with E-state index in [0.29, 0.717) is 38.4 Å². The largest absolute Gasteiger partial charge is 0.450 e. The third-order valence-corrected chi connectivity index (χ3v) is 4.71. The SMILES string of the molecule is CCOC(=O)N1CCC(NC(=O)c2cnc(N(C)c3ccccc3)cn2)CC1. The lowest BCUT2D eigenvalue weighted by molar-refractivity contribution is 0.0856. The standard InChI is InChI=1S/C20H25N5O3/c1-3-28-20(27)25-11-9-15(10-12-25)23-19(26)17-13-22-18(14-21-17)24(2)16-7-5-4-6-8-16/h4-8,13-15H,3,9-12H2,1-2H3,(H,23,26). The molecule has 148 valence electrons. The normalized spacial score (nSPS) is 14.4. The third kappa shape index (κ3) is 4.76. The molecular formula is C20H25N5O3. The van der Waals surface area contributed by atoms with E-state index >= 15 is 0 Å². The monoisotopic (exact) mass is 383 g/mol. The second kappa shape index (κ2) is 9.16. The van der Waals surface area contributed by atoms with Crippen LogP contribution in [-0.2, 0) is 4.74 Å². The summed E-state index contributed by atoms with van der Waals surface area (Å²) in [4.78, 5) is 36.4. The Labute approximate surface area is 164 Å². The van der Waals surface area contributed by atoms with Gasteiger partial charge >= 0.3 is 6.09 Å². The van der Waals surface area contributed by atoms with Crippen LogP contribution in [-0.4, -0.2) is 59.7 Å². The highest BCUT2D eigenvalue weighted by molar-refractivity contribution is 5.92. The maximum atomic E-state index is 12.4. The van der Waals surface area contributed by atoms with Crippen LogP contribution < -0.4 is 10.2 Å². The van der Waals surface area contributed by atoms with E-state index in [-0.39, 0.29) is 23.7 Å². The summed E-state index contributed by atoms with van der Waals surface area (Å²) in [7, 11) is 1.90. The first-order chi connectivity index (χ1) is 13.6. The van der Waals surface area contributed by atoms with Crippen LogP contribution in [0.3, 0.4) is 0 Å². The van der Waals surface area contributed by atoms with Gasteiger partial charge in [-0.25, -0.2) is 14.8 Å². The van der Waals surface area contributed by atoms with Gasteiger partial charge in [-0.15, -0.1) is 0 Å². The molecule has 1 aromatic heterocycles. The number of amides is 2. The number of ether oxygens (including phenoxy) is 1. The van der Waals surface area contributed by atoms with Crippen molar-refractivity contribution in [2.45, 2.75) is 25.8 Å². The number of para-hydroxylation sites is 1.